The number of nitrogens with one attached hydrogen (secondary N) is 4. The topological polar surface area (TPSA) is 105 Å². The molecule has 4 N–H and O–H groups in total. The van der Waals surface area contributed by atoms with E-state index in [1.54, 1.807) is 0 Å². The maximum absolute atomic E-state index is 4.83. The van der Waals surface area contributed by atoms with Gasteiger partial charge in [0.2, 0.25) is 0 Å². The molecule has 0 aliphatic rings. The second-order valence-corrected chi connectivity index (χ2v) is 9.92. The Kier molecular flexibility index (Phi) is 7.62. The van der Waals surface area contributed by atoms with Crippen molar-refractivity contribution in [2.24, 2.45) is 0 Å². The SMILES string of the molecule is CCN(CCN(CCNCc1nc2ccccc2[nH]1)Cc1nc2ccccc2[nH]1)Cc1nc2ccccc2[nH]1. The van der Waals surface area contributed by atoms with E-state index >= 15 is 0 Å². The van der Waals surface area contributed by atoms with Gasteiger partial charge in [-0.15, -0.1) is 0 Å². The van der Waals surface area contributed by atoms with Gasteiger partial charge in [0.25, 0.3) is 0 Å². The fraction of sp³-hybridized carbons (Fsp3) is 0.300. The molecular weight excluding hydrogens is 486 g/mol. The van der Waals surface area contributed by atoms with Gasteiger partial charge in [0.1, 0.15) is 17.5 Å². The summed E-state index contributed by atoms with van der Waals surface area (Å²) in [6, 6.07) is 24.6. The Morgan fingerprint density at radius 1 is 0.590 bits per heavy atom. The third-order valence-corrected chi connectivity index (χ3v) is 7.14. The summed E-state index contributed by atoms with van der Waals surface area (Å²) in [4.78, 5) is 29.6. The van der Waals surface area contributed by atoms with E-state index in [0.29, 0.717) is 6.54 Å². The highest BCUT2D eigenvalue weighted by atomic mass is 15.2. The minimum absolute atomic E-state index is 0.709. The fourth-order valence-corrected chi connectivity index (χ4v) is 5.02. The first kappa shape index (κ1) is 25.2. The van der Waals surface area contributed by atoms with E-state index in [-0.39, 0.29) is 0 Å². The predicted octanol–water partition coefficient (Wildman–Crippen LogP) is 4.43. The Morgan fingerprint density at radius 2 is 1.05 bits per heavy atom. The molecule has 6 aromatic rings. The number of para-hydroxylation sites is 6. The van der Waals surface area contributed by atoms with E-state index < -0.39 is 0 Å². The Bertz CT molecular complexity index is 1550. The number of imidazole rings is 3. The molecule has 9 heteroatoms. The second kappa shape index (κ2) is 11.8. The number of hydrogen-bond donors (Lipinski definition) is 4. The van der Waals surface area contributed by atoms with E-state index in [0.717, 1.165) is 96.4 Å². The smallest absolute Gasteiger partial charge is 0.121 e. The number of H-pyrrole nitrogens is 3. The van der Waals surface area contributed by atoms with Crippen LogP contribution in [-0.4, -0.2) is 72.4 Å². The second-order valence-electron chi connectivity index (χ2n) is 9.92. The Morgan fingerprint density at radius 3 is 1.59 bits per heavy atom. The molecule has 0 saturated heterocycles. The number of hydrogen-bond acceptors (Lipinski definition) is 6. The molecule has 3 aromatic carbocycles. The van der Waals surface area contributed by atoms with Gasteiger partial charge in [-0.25, -0.2) is 15.0 Å². The zero-order chi connectivity index (χ0) is 26.4. The van der Waals surface area contributed by atoms with Crippen LogP contribution in [0.2, 0.25) is 0 Å². The lowest BCUT2D eigenvalue weighted by molar-refractivity contribution is 0.194. The summed E-state index contributed by atoms with van der Waals surface area (Å²) in [6.07, 6.45) is 0. The van der Waals surface area contributed by atoms with Crippen molar-refractivity contribution in [1.29, 1.82) is 0 Å². The van der Waals surface area contributed by atoms with Crippen molar-refractivity contribution in [3.63, 3.8) is 0 Å². The molecule has 9 nitrogen and oxygen atoms in total. The first-order chi connectivity index (χ1) is 19.2. The average molecular weight is 522 g/mol. The summed E-state index contributed by atoms with van der Waals surface area (Å²) < 4.78 is 0. The minimum Gasteiger partial charge on any atom is -0.341 e. The summed E-state index contributed by atoms with van der Waals surface area (Å²) in [5.74, 6) is 2.96. The van der Waals surface area contributed by atoms with Crippen molar-refractivity contribution in [2.75, 3.05) is 32.7 Å². The van der Waals surface area contributed by atoms with E-state index in [1.807, 2.05) is 42.5 Å². The fourth-order valence-electron chi connectivity index (χ4n) is 5.02. The van der Waals surface area contributed by atoms with Crippen molar-refractivity contribution in [1.82, 2.24) is 45.0 Å². The number of nitrogens with zero attached hydrogens (tertiary/aromatic N) is 5. The van der Waals surface area contributed by atoms with Gasteiger partial charge in [0, 0.05) is 26.2 Å². The molecule has 6 rings (SSSR count). The van der Waals surface area contributed by atoms with Gasteiger partial charge in [0.05, 0.1) is 52.7 Å². The lowest BCUT2D eigenvalue weighted by atomic mass is 10.3. The maximum Gasteiger partial charge on any atom is 0.121 e. The van der Waals surface area contributed by atoms with Gasteiger partial charge in [0.15, 0.2) is 0 Å². The normalized spacial score (nSPS) is 12.1. The molecule has 0 atom stereocenters. The van der Waals surface area contributed by atoms with Crippen LogP contribution in [0.15, 0.2) is 72.8 Å². The predicted molar refractivity (Wildman–Crippen MR) is 156 cm³/mol. The van der Waals surface area contributed by atoms with Gasteiger partial charge < -0.3 is 20.3 Å². The van der Waals surface area contributed by atoms with Gasteiger partial charge in [-0.05, 0) is 42.9 Å². The highest BCUT2D eigenvalue weighted by Gasteiger charge is 2.14. The van der Waals surface area contributed by atoms with Crippen LogP contribution in [0.5, 0.6) is 0 Å². The van der Waals surface area contributed by atoms with Crippen LogP contribution in [0.1, 0.15) is 24.4 Å². The highest BCUT2D eigenvalue weighted by molar-refractivity contribution is 5.75. The highest BCUT2D eigenvalue weighted by Crippen LogP contribution is 2.14. The lowest BCUT2D eigenvalue weighted by Crippen LogP contribution is -2.38. The van der Waals surface area contributed by atoms with E-state index in [9.17, 15) is 0 Å². The average Bonchev–Trinajstić information content (AvgIpc) is 3.68. The van der Waals surface area contributed by atoms with Crippen molar-refractivity contribution in [3.05, 3.63) is 90.3 Å². The molecule has 0 saturated carbocycles. The third-order valence-electron chi connectivity index (χ3n) is 7.14. The van der Waals surface area contributed by atoms with Gasteiger partial charge in [-0.2, -0.15) is 0 Å². The first-order valence-electron chi connectivity index (χ1n) is 13.7. The van der Waals surface area contributed by atoms with Crippen molar-refractivity contribution < 1.29 is 0 Å². The minimum atomic E-state index is 0.709. The number of fused-ring (bicyclic) bond motifs is 3. The number of aromatic nitrogens is 6. The Hall–Kier alpha value is -4.05. The van der Waals surface area contributed by atoms with Crippen LogP contribution in [-0.2, 0) is 19.6 Å². The number of benzene rings is 3. The van der Waals surface area contributed by atoms with Crippen molar-refractivity contribution >= 4 is 33.1 Å². The molecule has 3 heterocycles. The zero-order valence-electron chi connectivity index (χ0n) is 22.3. The molecule has 39 heavy (non-hydrogen) atoms. The Balaban J connectivity index is 1.08. The van der Waals surface area contributed by atoms with Crippen LogP contribution in [0.3, 0.4) is 0 Å². The number of likely N-dealkylation sites (N-methyl/N-ethyl adjacent to an activating group) is 1. The van der Waals surface area contributed by atoms with Crippen LogP contribution < -0.4 is 5.32 Å². The van der Waals surface area contributed by atoms with Crippen molar-refractivity contribution in [3.8, 4) is 0 Å². The molecule has 0 unspecified atom stereocenters. The summed E-state index contributed by atoms with van der Waals surface area (Å²) in [5, 5.41) is 3.57. The molecule has 0 amide bonds. The standard InChI is InChI=1S/C30H35N9/c1-2-38(20-29-34-24-11-5-6-12-25(24)35-29)17-18-39(21-30-36-26-13-7-8-14-27(26)37-30)16-15-31-19-28-32-22-9-3-4-10-23(22)33-28/h3-14,31H,2,15-21H2,1H3,(H,32,33)(H,34,35)(H,36,37). The summed E-state index contributed by atoms with van der Waals surface area (Å²) in [6.45, 7) is 9.07. The molecule has 0 bridgehead atoms. The van der Waals surface area contributed by atoms with Gasteiger partial charge >= 0.3 is 0 Å². The molecule has 200 valence electrons. The molecule has 0 aliphatic carbocycles. The van der Waals surface area contributed by atoms with E-state index in [4.69, 9.17) is 9.97 Å². The van der Waals surface area contributed by atoms with Crippen LogP contribution in [0.25, 0.3) is 33.1 Å². The summed E-state index contributed by atoms with van der Waals surface area (Å²) >= 11 is 0. The van der Waals surface area contributed by atoms with Gasteiger partial charge in [-0.1, -0.05) is 43.3 Å². The third kappa shape index (κ3) is 6.17. The lowest BCUT2D eigenvalue weighted by Gasteiger charge is -2.26. The van der Waals surface area contributed by atoms with Crippen molar-refractivity contribution in [2.45, 2.75) is 26.6 Å². The van der Waals surface area contributed by atoms with E-state index in [1.165, 1.54) is 0 Å². The maximum atomic E-state index is 4.83. The quantitative estimate of drug-likeness (QED) is 0.168. The summed E-state index contributed by atoms with van der Waals surface area (Å²) in [7, 11) is 0. The Labute approximate surface area is 227 Å². The molecule has 0 fully saturated rings. The number of rotatable bonds is 13. The largest absolute Gasteiger partial charge is 0.341 e. The monoisotopic (exact) mass is 521 g/mol. The molecular formula is C30H35N9. The van der Waals surface area contributed by atoms with Crippen LogP contribution in [0.4, 0.5) is 0 Å². The first-order valence-corrected chi connectivity index (χ1v) is 13.7. The van der Waals surface area contributed by atoms with E-state index in [2.05, 4.69) is 72.3 Å². The molecule has 3 aromatic heterocycles. The molecule has 0 radical (unpaired) electrons. The van der Waals surface area contributed by atoms with Crippen LogP contribution >= 0.6 is 0 Å². The molecule has 0 aliphatic heterocycles. The zero-order valence-corrected chi connectivity index (χ0v) is 22.3. The number of aromatic amines is 3. The van der Waals surface area contributed by atoms with Gasteiger partial charge in [-0.3, -0.25) is 9.80 Å². The van der Waals surface area contributed by atoms with Crippen LogP contribution in [0, 0.1) is 0 Å². The molecule has 0 spiro atoms. The summed E-state index contributed by atoms with van der Waals surface area (Å²) in [5.41, 5.74) is 6.28.